The normalized spacial score (nSPS) is 12.0. The van der Waals surface area contributed by atoms with Gasteiger partial charge in [0.25, 0.3) is 0 Å². The van der Waals surface area contributed by atoms with Crippen molar-refractivity contribution in [3.8, 4) is 5.82 Å². The summed E-state index contributed by atoms with van der Waals surface area (Å²) in [5.41, 5.74) is 0.0284. The molecule has 108 valence electrons. The Morgan fingerprint density at radius 3 is 2.57 bits per heavy atom. The van der Waals surface area contributed by atoms with Crippen LogP contribution in [0, 0.1) is 0 Å². The van der Waals surface area contributed by atoms with Gasteiger partial charge in [0.15, 0.2) is 11.5 Å². The maximum absolute atomic E-state index is 12.6. The molecule has 3 rings (SSSR count). The third kappa shape index (κ3) is 2.47. The van der Waals surface area contributed by atoms with Crippen LogP contribution >= 0.6 is 0 Å². The van der Waals surface area contributed by atoms with Crippen LogP contribution in [0.5, 0.6) is 0 Å². The number of fused-ring (bicyclic) bond motifs is 1. The number of aromatic nitrogens is 3. The van der Waals surface area contributed by atoms with Crippen LogP contribution in [-0.4, -0.2) is 19.9 Å². The van der Waals surface area contributed by atoms with Gasteiger partial charge in [0.05, 0.1) is 12.1 Å². The molecule has 0 saturated carbocycles. The summed E-state index contributed by atoms with van der Waals surface area (Å²) in [5, 5.41) is 13.7. The van der Waals surface area contributed by atoms with Crippen molar-refractivity contribution in [3.05, 3.63) is 53.9 Å². The lowest BCUT2D eigenvalue weighted by Gasteiger charge is -2.09. The predicted molar refractivity (Wildman–Crippen MR) is 69.8 cm³/mol. The second-order valence-electron chi connectivity index (χ2n) is 4.47. The van der Waals surface area contributed by atoms with Crippen LogP contribution in [0.4, 0.5) is 13.2 Å². The van der Waals surface area contributed by atoms with Crippen molar-refractivity contribution in [1.82, 2.24) is 14.8 Å². The summed E-state index contributed by atoms with van der Waals surface area (Å²) in [7, 11) is 0. The van der Waals surface area contributed by atoms with Gasteiger partial charge < -0.3 is 5.11 Å². The van der Waals surface area contributed by atoms with Crippen LogP contribution < -0.4 is 0 Å². The number of halogens is 3. The van der Waals surface area contributed by atoms with Crippen molar-refractivity contribution in [2.45, 2.75) is 12.8 Å². The zero-order chi connectivity index (χ0) is 15.0. The van der Waals surface area contributed by atoms with Gasteiger partial charge in [0.1, 0.15) is 0 Å². The van der Waals surface area contributed by atoms with Gasteiger partial charge in [-0.25, -0.2) is 9.67 Å². The van der Waals surface area contributed by atoms with Gasteiger partial charge in [0.2, 0.25) is 0 Å². The van der Waals surface area contributed by atoms with E-state index in [1.54, 1.807) is 18.2 Å². The molecular formula is C14H10F3N3O. The Bertz CT molecular complexity index is 796. The van der Waals surface area contributed by atoms with Gasteiger partial charge in [-0.3, -0.25) is 0 Å². The fourth-order valence-corrected chi connectivity index (χ4v) is 2.06. The first-order chi connectivity index (χ1) is 9.99. The van der Waals surface area contributed by atoms with Crippen LogP contribution in [0.15, 0.2) is 42.6 Å². The SMILES string of the molecule is OCc1cc2ccccc2nc1-n1ccc(C(F)(F)F)n1. The number of aliphatic hydroxyl groups is 1. The van der Waals surface area contributed by atoms with Gasteiger partial charge in [-0.15, -0.1) is 0 Å². The van der Waals surface area contributed by atoms with Gasteiger partial charge in [-0.2, -0.15) is 18.3 Å². The van der Waals surface area contributed by atoms with Gasteiger partial charge in [-0.05, 0) is 18.2 Å². The molecule has 1 N–H and O–H groups in total. The van der Waals surface area contributed by atoms with E-state index in [0.29, 0.717) is 11.1 Å². The summed E-state index contributed by atoms with van der Waals surface area (Å²) in [6, 6.07) is 9.72. The Morgan fingerprint density at radius 2 is 1.90 bits per heavy atom. The first kappa shape index (κ1) is 13.6. The first-order valence-corrected chi connectivity index (χ1v) is 6.12. The van der Waals surface area contributed by atoms with Crippen LogP contribution in [0.2, 0.25) is 0 Å². The topological polar surface area (TPSA) is 50.9 Å². The Hall–Kier alpha value is -2.41. The Balaban J connectivity index is 2.17. The third-order valence-corrected chi connectivity index (χ3v) is 3.05. The van der Waals surface area contributed by atoms with E-state index in [9.17, 15) is 18.3 Å². The molecule has 3 aromatic rings. The maximum Gasteiger partial charge on any atom is 0.435 e. The number of para-hydroxylation sites is 1. The highest BCUT2D eigenvalue weighted by Gasteiger charge is 2.33. The van der Waals surface area contributed by atoms with Crippen LogP contribution in [0.3, 0.4) is 0 Å². The number of alkyl halides is 3. The van der Waals surface area contributed by atoms with E-state index >= 15 is 0 Å². The van der Waals surface area contributed by atoms with Gasteiger partial charge in [-0.1, -0.05) is 18.2 Å². The van der Waals surface area contributed by atoms with Crippen molar-refractivity contribution >= 4 is 10.9 Å². The van der Waals surface area contributed by atoms with Crippen molar-refractivity contribution in [3.63, 3.8) is 0 Å². The van der Waals surface area contributed by atoms with Crippen molar-refractivity contribution in [2.24, 2.45) is 0 Å². The molecule has 0 atom stereocenters. The lowest BCUT2D eigenvalue weighted by molar-refractivity contribution is -0.141. The summed E-state index contributed by atoms with van der Waals surface area (Å²) >= 11 is 0. The first-order valence-electron chi connectivity index (χ1n) is 6.12. The highest BCUT2D eigenvalue weighted by atomic mass is 19.4. The van der Waals surface area contributed by atoms with E-state index in [1.165, 1.54) is 6.20 Å². The number of aliphatic hydroxyl groups excluding tert-OH is 1. The lowest BCUT2D eigenvalue weighted by atomic mass is 10.1. The third-order valence-electron chi connectivity index (χ3n) is 3.05. The molecule has 0 aliphatic carbocycles. The molecule has 2 heterocycles. The fraction of sp³-hybridized carbons (Fsp3) is 0.143. The molecule has 0 spiro atoms. The van der Waals surface area contributed by atoms with E-state index < -0.39 is 11.9 Å². The quantitative estimate of drug-likeness (QED) is 0.790. The zero-order valence-corrected chi connectivity index (χ0v) is 10.7. The molecule has 0 unspecified atom stereocenters. The Morgan fingerprint density at radius 1 is 1.14 bits per heavy atom. The lowest BCUT2D eigenvalue weighted by Crippen LogP contribution is -2.09. The van der Waals surface area contributed by atoms with Crippen LogP contribution in [0.1, 0.15) is 11.3 Å². The van der Waals surface area contributed by atoms with E-state index in [0.717, 1.165) is 16.1 Å². The van der Waals surface area contributed by atoms with Gasteiger partial charge >= 0.3 is 6.18 Å². The summed E-state index contributed by atoms with van der Waals surface area (Å²) in [6.07, 6.45) is -3.33. The molecule has 0 radical (unpaired) electrons. The van der Waals surface area contributed by atoms with E-state index in [1.807, 2.05) is 12.1 Å². The molecule has 2 aromatic heterocycles. The molecule has 0 saturated heterocycles. The van der Waals surface area contributed by atoms with Crippen molar-refractivity contribution in [1.29, 1.82) is 0 Å². The second kappa shape index (κ2) is 4.85. The fourth-order valence-electron chi connectivity index (χ4n) is 2.06. The van der Waals surface area contributed by atoms with Crippen molar-refractivity contribution in [2.75, 3.05) is 0 Å². The van der Waals surface area contributed by atoms with E-state index in [2.05, 4.69) is 10.1 Å². The van der Waals surface area contributed by atoms with E-state index in [-0.39, 0.29) is 12.4 Å². The van der Waals surface area contributed by atoms with Crippen LogP contribution in [-0.2, 0) is 12.8 Å². The second-order valence-corrected chi connectivity index (χ2v) is 4.47. The molecule has 0 aliphatic rings. The molecule has 0 fully saturated rings. The smallest absolute Gasteiger partial charge is 0.392 e. The Kier molecular flexibility index (Phi) is 3.13. The number of pyridine rings is 1. The summed E-state index contributed by atoms with van der Waals surface area (Å²) < 4.78 is 38.8. The number of hydrogen-bond acceptors (Lipinski definition) is 3. The number of rotatable bonds is 2. The molecule has 7 heteroatoms. The molecule has 21 heavy (non-hydrogen) atoms. The molecular weight excluding hydrogens is 283 g/mol. The van der Waals surface area contributed by atoms with Gasteiger partial charge in [0, 0.05) is 17.1 Å². The molecule has 0 aliphatic heterocycles. The average Bonchev–Trinajstić information content (AvgIpc) is 2.95. The standard InChI is InChI=1S/C14H10F3N3O/c15-14(16,17)12-5-6-20(19-12)13-10(8-21)7-9-3-1-2-4-11(9)18-13/h1-7,21H,8H2. The molecule has 0 bridgehead atoms. The number of nitrogens with zero attached hydrogens (tertiary/aromatic N) is 3. The minimum absolute atomic E-state index is 0.187. The number of benzene rings is 1. The Labute approximate surface area is 117 Å². The largest absolute Gasteiger partial charge is 0.435 e. The minimum Gasteiger partial charge on any atom is -0.392 e. The average molecular weight is 293 g/mol. The summed E-state index contributed by atoms with van der Waals surface area (Å²) in [6.45, 7) is -0.339. The maximum atomic E-state index is 12.6. The molecule has 1 aromatic carbocycles. The monoisotopic (exact) mass is 293 g/mol. The highest BCUT2D eigenvalue weighted by Crippen LogP contribution is 2.28. The summed E-state index contributed by atoms with van der Waals surface area (Å²) in [4.78, 5) is 4.28. The minimum atomic E-state index is -4.51. The number of hydrogen-bond donors (Lipinski definition) is 1. The molecule has 0 amide bonds. The summed E-state index contributed by atoms with van der Waals surface area (Å²) in [5.74, 6) is 0.187. The predicted octanol–water partition coefficient (Wildman–Crippen LogP) is 2.93. The van der Waals surface area contributed by atoms with E-state index in [4.69, 9.17) is 0 Å². The molecule has 4 nitrogen and oxygen atoms in total. The zero-order valence-electron chi connectivity index (χ0n) is 10.7. The van der Waals surface area contributed by atoms with Crippen molar-refractivity contribution < 1.29 is 18.3 Å². The van der Waals surface area contributed by atoms with Crippen LogP contribution in [0.25, 0.3) is 16.7 Å². The highest BCUT2D eigenvalue weighted by molar-refractivity contribution is 5.80.